The number of hydrogen-bond donors (Lipinski definition) is 1. The Bertz CT molecular complexity index is 477. The topological polar surface area (TPSA) is 24.5 Å². The molecule has 21 heavy (non-hydrogen) atoms. The van der Waals surface area contributed by atoms with Crippen molar-refractivity contribution in [2.24, 2.45) is 0 Å². The molecule has 0 bridgehead atoms. The van der Waals surface area contributed by atoms with Crippen molar-refractivity contribution in [1.29, 1.82) is 0 Å². The smallest absolute Gasteiger partial charge is 0.165 e. The molecule has 2 aliphatic rings. The second-order valence-corrected chi connectivity index (χ2v) is 6.35. The zero-order chi connectivity index (χ0) is 14.7. The Morgan fingerprint density at radius 2 is 2.10 bits per heavy atom. The molecule has 2 fully saturated rings. The van der Waals surface area contributed by atoms with Crippen LogP contribution in [0.25, 0.3) is 0 Å². The maximum absolute atomic E-state index is 13.9. The van der Waals surface area contributed by atoms with Crippen LogP contribution in [0.15, 0.2) is 18.2 Å². The average Bonchev–Trinajstić information content (AvgIpc) is 2.51. The van der Waals surface area contributed by atoms with Gasteiger partial charge < -0.3 is 10.1 Å². The minimum atomic E-state index is -0.261. The monoisotopic (exact) mass is 292 g/mol. The largest absolute Gasteiger partial charge is 0.494 e. The lowest BCUT2D eigenvalue weighted by Gasteiger charge is -2.50. The summed E-state index contributed by atoms with van der Waals surface area (Å²) in [5.41, 5.74) is 1.33. The summed E-state index contributed by atoms with van der Waals surface area (Å²) in [6.45, 7) is 3.99. The molecule has 1 saturated carbocycles. The third-order valence-electron chi connectivity index (χ3n) is 5.06. The highest BCUT2D eigenvalue weighted by Crippen LogP contribution is 2.35. The molecular formula is C17H25FN2O. The second-order valence-electron chi connectivity index (χ2n) is 6.35. The summed E-state index contributed by atoms with van der Waals surface area (Å²) in [5.74, 6) is 0.0641. The third kappa shape index (κ3) is 3.06. The molecular weight excluding hydrogens is 267 g/mol. The molecule has 1 aromatic carbocycles. The van der Waals surface area contributed by atoms with Crippen molar-refractivity contribution in [3.63, 3.8) is 0 Å². The van der Waals surface area contributed by atoms with Gasteiger partial charge in [-0.1, -0.05) is 25.3 Å². The van der Waals surface area contributed by atoms with Gasteiger partial charge in [-0.2, -0.15) is 0 Å². The van der Waals surface area contributed by atoms with E-state index in [9.17, 15) is 4.39 Å². The van der Waals surface area contributed by atoms with E-state index in [2.05, 4.69) is 10.2 Å². The molecule has 1 aliphatic carbocycles. The summed E-state index contributed by atoms with van der Waals surface area (Å²) in [6, 6.07) is 5.35. The summed E-state index contributed by atoms with van der Waals surface area (Å²) >= 11 is 0. The lowest BCUT2D eigenvalue weighted by Crippen LogP contribution is -2.61. The number of hydrogen-bond acceptors (Lipinski definition) is 3. The van der Waals surface area contributed by atoms with Crippen molar-refractivity contribution >= 4 is 0 Å². The molecule has 4 heteroatoms. The Kier molecular flexibility index (Phi) is 4.45. The van der Waals surface area contributed by atoms with Gasteiger partial charge in [0, 0.05) is 31.7 Å². The zero-order valence-electron chi connectivity index (χ0n) is 12.8. The number of ether oxygens (including phenoxy) is 1. The number of halogens is 1. The van der Waals surface area contributed by atoms with E-state index < -0.39 is 0 Å². The van der Waals surface area contributed by atoms with Crippen molar-refractivity contribution in [2.45, 2.75) is 44.2 Å². The lowest BCUT2D eigenvalue weighted by molar-refractivity contribution is 0.0208. The van der Waals surface area contributed by atoms with Gasteiger partial charge in [0.15, 0.2) is 11.6 Å². The van der Waals surface area contributed by atoms with Crippen LogP contribution in [0.2, 0.25) is 0 Å². The average molecular weight is 292 g/mol. The molecule has 1 saturated heterocycles. The summed E-state index contributed by atoms with van der Waals surface area (Å²) in [7, 11) is 1.51. The van der Waals surface area contributed by atoms with Gasteiger partial charge in [-0.25, -0.2) is 4.39 Å². The van der Waals surface area contributed by atoms with Gasteiger partial charge in [-0.05, 0) is 30.5 Å². The third-order valence-corrected chi connectivity index (χ3v) is 5.06. The molecule has 1 N–H and O–H groups in total. The van der Waals surface area contributed by atoms with Gasteiger partial charge >= 0.3 is 0 Å². The first-order valence-electron chi connectivity index (χ1n) is 8.02. The Hall–Kier alpha value is -1.13. The van der Waals surface area contributed by atoms with E-state index in [4.69, 9.17) is 4.74 Å². The number of nitrogens with zero attached hydrogens (tertiary/aromatic N) is 1. The highest BCUT2D eigenvalue weighted by atomic mass is 19.1. The van der Waals surface area contributed by atoms with E-state index in [-0.39, 0.29) is 11.4 Å². The summed E-state index contributed by atoms with van der Waals surface area (Å²) in [4.78, 5) is 2.57. The van der Waals surface area contributed by atoms with Crippen molar-refractivity contribution in [1.82, 2.24) is 10.2 Å². The van der Waals surface area contributed by atoms with Crippen LogP contribution in [0.5, 0.6) is 5.75 Å². The summed E-state index contributed by atoms with van der Waals surface area (Å²) in [6.07, 6.45) is 6.51. The molecule has 0 radical (unpaired) electrons. The van der Waals surface area contributed by atoms with Gasteiger partial charge in [0.1, 0.15) is 0 Å². The van der Waals surface area contributed by atoms with Gasteiger partial charge in [0.2, 0.25) is 0 Å². The molecule has 0 atom stereocenters. The van der Waals surface area contributed by atoms with E-state index in [0.717, 1.165) is 31.7 Å². The van der Waals surface area contributed by atoms with E-state index >= 15 is 0 Å². The van der Waals surface area contributed by atoms with Crippen LogP contribution in [0.1, 0.15) is 37.7 Å². The molecule has 0 amide bonds. The van der Waals surface area contributed by atoms with E-state index in [1.54, 1.807) is 12.1 Å². The molecule has 3 nitrogen and oxygen atoms in total. The first-order valence-corrected chi connectivity index (χ1v) is 8.02. The molecule has 3 rings (SSSR count). The SMILES string of the molecule is COc1ccc(CN2CCNCC23CCCCC3)cc1F. The van der Waals surface area contributed by atoms with Crippen molar-refractivity contribution < 1.29 is 9.13 Å². The fourth-order valence-corrected chi connectivity index (χ4v) is 3.86. The quantitative estimate of drug-likeness (QED) is 0.927. The van der Waals surface area contributed by atoms with Crippen molar-refractivity contribution in [2.75, 3.05) is 26.7 Å². The Labute approximate surface area is 126 Å². The second kappa shape index (κ2) is 6.32. The van der Waals surface area contributed by atoms with Crippen LogP contribution < -0.4 is 10.1 Å². The molecule has 1 spiro atoms. The predicted molar refractivity (Wildman–Crippen MR) is 82.0 cm³/mol. The zero-order valence-corrected chi connectivity index (χ0v) is 12.8. The van der Waals surface area contributed by atoms with Crippen LogP contribution in [-0.2, 0) is 6.54 Å². The van der Waals surface area contributed by atoms with Crippen molar-refractivity contribution in [3.05, 3.63) is 29.6 Å². The normalized spacial score (nSPS) is 22.4. The highest BCUT2D eigenvalue weighted by Gasteiger charge is 2.39. The number of rotatable bonds is 3. The number of benzene rings is 1. The van der Waals surface area contributed by atoms with E-state index in [1.165, 1.54) is 39.2 Å². The molecule has 116 valence electrons. The molecule has 1 aliphatic heterocycles. The van der Waals surface area contributed by atoms with Crippen LogP contribution in [0.3, 0.4) is 0 Å². The predicted octanol–water partition coefficient (Wildman–Crippen LogP) is 2.94. The van der Waals surface area contributed by atoms with Crippen LogP contribution >= 0.6 is 0 Å². The maximum Gasteiger partial charge on any atom is 0.165 e. The molecule has 1 aromatic rings. The summed E-state index contributed by atoms with van der Waals surface area (Å²) in [5, 5.41) is 3.55. The van der Waals surface area contributed by atoms with E-state index in [0.29, 0.717) is 5.75 Å². The van der Waals surface area contributed by atoms with E-state index in [1.807, 2.05) is 6.07 Å². The van der Waals surface area contributed by atoms with Crippen LogP contribution in [0.4, 0.5) is 4.39 Å². The lowest BCUT2D eigenvalue weighted by atomic mass is 9.79. The number of methoxy groups -OCH3 is 1. The summed E-state index contributed by atoms with van der Waals surface area (Å²) < 4.78 is 18.9. The number of piperazine rings is 1. The Morgan fingerprint density at radius 3 is 2.81 bits per heavy atom. The Balaban J connectivity index is 1.76. The van der Waals surface area contributed by atoms with Gasteiger partial charge in [-0.3, -0.25) is 4.90 Å². The van der Waals surface area contributed by atoms with Crippen LogP contribution in [-0.4, -0.2) is 37.2 Å². The fourth-order valence-electron chi connectivity index (χ4n) is 3.86. The molecule has 1 heterocycles. The Morgan fingerprint density at radius 1 is 1.29 bits per heavy atom. The molecule has 0 aromatic heterocycles. The fraction of sp³-hybridized carbons (Fsp3) is 0.647. The van der Waals surface area contributed by atoms with Gasteiger partial charge in [0.05, 0.1) is 7.11 Å². The van der Waals surface area contributed by atoms with Crippen molar-refractivity contribution in [3.8, 4) is 5.75 Å². The number of nitrogens with one attached hydrogen (secondary N) is 1. The highest BCUT2D eigenvalue weighted by molar-refractivity contribution is 5.29. The first kappa shape index (κ1) is 14.8. The maximum atomic E-state index is 13.9. The minimum absolute atomic E-state index is 0.261. The van der Waals surface area contributed by atoms with Gasteiger partial charge in [0.25, 0.3) is 0 Å². The standard InChI is InChI=1S/C17H25FN2O/c1-21-16-6-5-14(11-15(16)18)12-20-10-9-19-13-17(20)7-3-2-4-8-17/h5-6,11,19H,2-4,7-10,12-13H2,1H3. The first-order chi connectivity index (χ1) is 10.2. The minimum Gasteiger partial charge on any atom is -0.494 e. The molecule has 0 unspecified atom stereocenters. The van der Waals surface area contributed by atoms with Crippen LogP contribution in [0, 0.1) is 5.82 Å². The van der Waals surface area contributed by atoms with Gasteiger partial charge in [-0.15, -0.1) is 0 Å².